The first kappa shape index (κ1) is 21.2. The maximum atomic E-state index is 6.10. The lowest BCUT2D eigenvalue weighted by atomic mass is 9.96. The van der Waals surface area contributed by atoms with E-state index in [1.807, 2.05) is 89.7 Å². The molecular formula is C25H21ClN6S. The largest absolute Gasteiger partial charge is 0.399 e. The normalized spacial score (nSPS) is 15.5. The van der Waals surface area contributed by atoms with Gasteiger partial charge in [-0.1, -0.05) is 54.1 Å². The van der Waals surface area contributed by atoms with Crippen LogP contribution in [0.3, 0.4) is 0 Å². The molecule has 1 unspecified atom stereocenters. The van der Waals surface area contributed by atoms with E-state index in [4.69, 9.17) is 45.5 Å². The number of nitrogens with zero attached hydrogens (tertiary/aromatic N) is 4. The van der Waals surface area contributed by atoms with Crippen LogP contribution in [0.2, 0.25) is 5.02 Å². The number of hydrogen-bond acceptors (Lipinski definition) is 4. The predicted molar refractivity (Wildman–Crippen MR) is 137 cm³/mol. The molecule has 3 aromatic carbocycles. The zero-order chi connectivity index (χ0) is 22.9. The minimum Gasteiger partial charge on any atom is -0.399 e. The minimum atomic E-state index is -0.189. The Hall–Kier alpha value is -3.68. The molecule has 0 radical (unpaired) electrons. The van der Waals surface area contributed by atoms with Crippen molar-refractivity contribution >= 4 is 40.3 Å². The van der Waals surface area contributed by atoms with Gasteiger partial charge in [-0.25, -0.2) is 9.69 Å². The Labute approximate surface area is 202 Å². The molecule has 0 bridgehead atoms. The summed E-state index contributed by atoms with van der Waals surface area (Å²) in [6.45, 7) is 0. The highest BCUT2D eigenvalue weighted by atomic mass is 35.5. The minimum absolute atomic E-state index is 0.189. The standard InChI is InChI=1S/C25H21ClN6S/c26-18-8-12-20(13-9-18)31-15-21(24(30-31)17-4-2-1-3-5-17)23-14-22(29-32(23)25(28)33)16-6-10-19(27)11-7-16/h1-13,15,23H,14,27H2,(H2,28,33). The maximum Gasteiger partial charge on any atom is 0.187 e. The molecule has 164 valence electrons. The molecule has 0 saturated carbocycles. The van der Waals surface area contributed by atoms with E-state index >= 15 is 0 Å². The van der Waals surface area contributed by atoms with Crippen molar-refractivity contribution in [2.24, 2.45) is 10.8 Å². The summed E-state index contributed by atoms with van der Waals surface area (Å²) in [6, 6.07) is 25.1. The Morgan fingerprint density at radius 3 is 2.30 bits per heavy atom. The Morgan fingerprint density at radius 1 is 0.939 bits per heavy atom. The monoisotopic (exact) mass is 472 g/mol. The van der Waals surface area contributed by atoms with E-state index in [2.05, 4.69) is 0 Å². The Bertz CT molecular complexity index is 1330. The number of nitrogens with two attached hydrogens (primary N) is 2. The van der Waals surface area contributed by atoms with E-state index in [1.54, 1.807) is 5.01 Å². The summed E-state index contributed by atoms with van der Waals surface area (Å²) in [5.41, 5.74) is 18.3. The van der Waals surface area contributed by atoms with Gasteiger partial charge in [-0.15, -0.1) is 0 Å². The Kier molecular flexibility index (Phi) is 5.58. The average Bonchev–Trinajstić information content (AvgIpc) is 3.46. The van der Waals surface area contributed by atoms with Crippen molar-refractivity contribution in [2.45, 2.75) is 12.5 Å². The first-order valence-corrected chi connectivity index (χ1v) is 11.2. The number of benzene rings is 3. The first-order chi connectivity index (χ1) is 16.0. The summed E-state index contributed by atoms with van der Waals surface area (Å²) in [4.78, 5) is 0. The van der Waals surface area contributed by atoms with Gasteiger partial charge in [-0.05, 0) is 54.2 Å². The maximum absolute atomic E-state index is 6.10. The summed E-state index contributed by atoms with van der Waals surface area (Å²) in [5.74, 6) is 0. The third-order valence-corrected chi connectivity index (χ3v) is 6.06. The van der Waals surface area contributed by atoms with Crippen molar-refractivity contribution in [1.29, 1.82) is 0 Å². The molecule has 8 heteroatoms. The van der Waals surface area contributed by atoms with Crippen molar-refractivity contribution in [3.8, 4) is 16.9 Å². The highest BCUT2D eigenvalue weighted by Crippen LogP contribution is 2.38. The molecule has 33 heavy (non-hydrogen) atoms. The predicted octanol–water partition coefficient (Wildman–Crippen LogP) is 5.17. The molecule has 0 saturated heterocycles. The Balaban J connectivity index is 1.60. The molecule has 2 heterocycles. The van der Waals surface area contributed by atoms with Gasteiger partial charge in [0.2, 0.25) is 0 Å². The fourth-order valence-electron chi connectivity index (χ4n) is 3.98. The molecular weight excluding hydrogens is 452 g/mol. The Morgan fingerprint density at radius 2 is 1.64 bits per heavy atom. The molecule has 1 aliphatic rings. The first-order valence-electron chi connectivity index (χ1n) is 10.4. The van der Waals surface area contributed by atoms with Gasteiger partial charge >= 0.3 is 0 Å². The van der Waals surface area contributed by atoms with Crippen LogP contribution in [0.4, 0.5) is 5.69 Å². The van der Waals surface area contributed by atoms with E-state index in [0.29, 0.717) is 17.1 Å². The van der Waals surface area contributed by atoms with Crippen molar-refractivity contribution in [2.75, 3.05) is 5.73 Å². The fourth-order valence-corrected chi connectivity index (χ4v) is 4.28. The second-order valence-corrected chi connectivity index (χ2v) is 8.65. The summed E-state index contributed by atoms with van der Waals surface area (Å²) in [6.07, 6.45) is 2.65. The lowest BCUT2D eigenvalue weighted by molar-refractivity contribution is 0.373. The van der Waals surface area contributed by atoms with Crippen molar-refractivity contribution in [1.82, 2.24) is 14.8 Å². The van der Waals surface area contributed by atoms with Crippen LogP contribution in [0.5, 0.6) is 0 Å². The molecule has 4 N–H and O–H groups in total. The summed E-state index contributed by atoms with van der Waals surface area (Å²) < 4.78 is 1.85. The van der Waals surface area contributed by atoms with Crippen LogP contribution in [0.15, 0.2) is 90.2 Å². The number of thiocarbonyl (C=S) groups is 1. The zero-order valence-corrected chi connectivity index (χ0v) is 19.2. The van der Waals surface area contributed by atoms with Gasteiger partial charge in [-0.3, -0.25) is 0 Å². The van der Waals surface area contributed by atoms with Gasteiger partial charge in [0.15, 0.2) is 5.11 Å². The average molecular weight is 473 g/mol. The number of nitrogen functional groups attached to an aromatic ring is 1. The molecule has 1 atom stereocenters. The number of halogens is 1. The van der Waals surface area contributed by atoms with E-state index < -0.39 is 0 Å². The van der Waals surface area contributed by atoms with E-state index in [-0.39, 0.29) is 11.2 Å². The number of anilines is 1. The number of aromatic nitrogens is 2. The smallest absolute Gasteiger partial charge is 0.187 e. The molecule has 1 aromatic heterocycles. The van der Waals surface area contributed by atoms with E-state index in [0.717, 1.165) is 33.8 Å². The van der Waals surface area contributed by atoms with Gasteiger partial charge in [0, 0.05) is 34.5 Å². The third-order valence-electron chi connectivity index (χ3n) is 5.62. The van der Waals surface area contributed by atoms with E-state index in [1.165, 1.54) is 0 Å². The summed E-state index contributed by atoms with van der Waals surface area (Å²) >= 11 is 11.5. The van der Waals surface area contributed by atoms with Crippen LogP contribution in [-0.4, -0.2) is 25.6 Å². The van der Waals surface area contributed by atoms with Gasteiger partial charge in [0.25, 0.3) is 0 Å². The summed E-state index contributed by atoms with van der Waals surface area (Å²) in [5, 5.41) is 12.3. The molecule has 0 fully saturated rings. The van der Waals surface area contributed by atoms with Crippen LogP contribution in [0.25, 0.3) is 16.9 Å². The molecule has 5 rings (SSSR count). The zero-order valence-electron chi connectivity index (χ0n) is 17.6. The highest BCUT2D eigenvalue weighted by molar-refractivity contribution is 7.80. The van der Waals surface area contributed by atoms with Gasteiger partial charge in [0.1, 0.15) is 0 Å². The van der Waals surface area contributed by atoms with Crippen molar-refractivity contribution < 1.29 is 0 Å². The third kappa shape index (κ3) is 4.20. The fraction of sp³-hybridized carbons (Fsp3) is 0.0800. The summed E-state index contributed by atoms with van der Waals surface area (Å²) in [7, 11) is 0. The van der Waals surface area contributed by atoms with Crippen molar-refractivity contribution in [3.05, 3.63) is 101 Å². The van der Waals surface area contributed by atoms with Crippen LogP contribution >= 0.6 is 23.8 Å². The van der Waals surface area contributed by atoms with E-state index in [9.17, 15) is 0 Å². The van der Waals surface area contributed by atoms with Crippen LogP contribution in [-0.2, 0) is 0 Å². The van der Waals surface area contributed by atoms with Crippen LogP contribution < -0.4 is 11.5 Å². The SMILES string of the molecule is NC(=S)N1N=C(c2ccc(N)cc2)CC1c1cn(-c2ccc(Cl)cc2)nc1-c1ccccc1. The van der Waals surface area contributed by atoms with Gasteiger partial charge in [-0.2, -0.15) is 10.2 Å². The second-order valence-electron chi connectivity index (χ2n) is 7.79. The van der Waals surface area contributed by atoms with Crippen molar-refractivity contribution in [3.63, 3.8) is 0 Å². The van der Waals surface area contributed by atoms with Gasteiger partial charge < -0.3 is 11.5 Å². The molecule has 4 aromatic rings. The molecule has 0 amide bonds. The number of hydrazone groups is 1. The molecule has 0 spiro atoms. The quantitative estimate of drug-likeness (QED) is 0.316. The highest BCUT2D eigenvalue weighted by Gasteiger charge is 2.34. The molecule has 6 nitrogen and oxygen atoms in total. The lowest BCUT2D eigenvalue weighted by Crippen LogP contribution is -2.31. The number of hydrogen-bond donors (Lipinski definition) is 2. The second kappa shape index (κ2) is 8.69. The van der Waals surface area contributed by atoms with Crippen LogP contribution in [0.1, 0.15) is 23.6 Å². The lowest BCUT2D eigenvalue weighted by Gasteiger charge is -2.21. The van der Waals surface area contributed by atoms with Crippen LogP contribution in [0, 0.1) is 0 Å². The van der Waals surface area contributed by atoms with Gasteiger partial charge in [0.05, 0.1) is 23.1 Å². The molecule has 0 aliphatic carbocycles. The topological polar surface area (TPSA) is 85.5 Å². The number of rotatable bonds is 4. The molecule has 1 aliphatic heterocycles.